The van der Waals surface area contributed by atoms with E-state index in [0.717, 1.165) is 80.7 Å². The molecule has 0 spiro atoms. The molecule has 0 saturated carbocycles. The first-order valence-corrected chi connectivity index (χ1v) is 17.2. The number of hydrogen-bond acceptors (Lipinski definition) is 7. The van der Waals surface area contributed by atoms with Gasteiger partial charge in [-0.15, -0.1) is 0 Å². The van der Waals surface area contributed by atoms with Gasteiger partial charge in [-0.3, -0.25) is 9.59 Å². The summed E-state index contributed by atoms with van der Waals surface area (Å²) in [6.45, 7) is 7.34. The Morgan fingerprint density at radius 1 is 0.625 bits per heavy atom. The van der Waals surface area contributed by atoms with Crippen LogP contribution < -0.4 is 31.3 Å². The van der Waals surface area contributed by atoms with Gasteiger partial charge in [0, 0.05) is 25.9 Å². The molecule has 0 aliphatic heterocycles. The highest BCUT2D eigenvalue weighted by Crippen LogP contribution is 2.16. The maximum Gasteiger partial charge on any atom is 0.407 e. The molecule has 3 amide bonds. The summed E-state index contributed by atoms with van der Waals surface area (Å²) in [5.74, 6) is 0.476. The largest absolute Gasteiger partial charge is 0.489 e. The first-order chi connectivity index (χ1) is 23.5. The van der Waals surface area contributed by atoms with Gasteiger partial charge in [-0.1, -0.05) is 79.7 Å². The summed E-state index contributed by atoms with van der Waals surface area (Å²) < 4.78 is 11.1. The van der Waals surface area contributed by atoms with Crippen molar-refractivity contribution in [1.29, 1.82) is 0 Å². The van der Waals surface area contributed by atoms with Gasteiger partial charge in [0.15, 0.2) is 0 Å². The van der Waals surface area contributed by atoms with E-state index >= 15 is 0 Å². The number of carbonyl (C=O) groups excluding carboxylic acids is 3. The molecule has 0 saturated heterocycles. The van der Waals surface area contributed by atoms with Crippen LogP contribution in [0.15, 0.2) is 84.9 Å². The Morgan fingerprint density at radius 3 is 1.83 bits per heavy atom. The SMILES string of the molecule is CCCC(=O)NC(Cc1ccc(OCc2ccccc2)cc1)C(=O)NCCCCNCCCNCCCNC(=O)OCc1ccccc1. The predicted molar refractivity (Wildman–Crippen MR) is 190 cm³/mol. The first-order valence-electron chi connectivity index (χ1n) is 17.2. The van der Waals surface area contributed by atoms with Crippen molar-refractivity contribution in [3.8, 4) is 5.75 Å². The molecule has 0 heterocycles. The maximum absolute atomic E-state index is 13.0. The first kappa shape index (κ1) is 38.0. The lowest BCUT2D eigenvalue weighted by Crippen LogP contribution is -2.48. The van der Waals surface area contributed by atoms with Gasteiger partial charge < -0.3 is 36.1 Å². The van der Waals surface area contributed by atoms with Crippen molar-refractivity contribution in [2.45, 2.75) is 71.1 Å². The van der Waals surface area contributed by atoms with Gasteiger partial charge in [-0.25, -0.2) is 4.79 Å². The van der Waals surface area contributed by atoms with Crippen LogP contribution >= 0.6 is 0 Å². The molecule has 10 nitrogen and oxygen atoms in total. The summed E-state index contributed by atoms with van der Waals surface area (Å²) in [6, 6.07) is 26.7. The lowest BCUT2D eigenvalue weighted by molar-refractivity contribution is -0.129. The second kappa shape index (κ2) is 23.8. The van der Waals surface area contributed by atoms with E-state index in [-0.39, 0.29) is 18.4 Å². The fourth-order valence-corrected chi connectivity index (χ4v) is 4.88. The molecule has 0 radical (unpaired) electrons. The summed E-state index contributed by atoms with van der Waals surface area (Å²) in [7, 11) is 0. The summed E-state index contributed by atoms with van der Waals surface area (Å²) >= 11 is 0. The Balaban J connectivity index is 1.20. The maximum atomic E-state index is 13.0. The minimum absolute atomic E-state index is 0.116. The van der Waals surface area contributed by atoms with Crippen LogP contribution in [0, 0.1) is 0 Å². The van der Waals surface area contributed by atoms with Crippen LogP contribution in [0.2, 0.25) is 0 Å². The summed E-state index contributed by atoms with van der Waals surface area (Å²) in [6.07, 6.45) is 4.75. The Bertz CT molecular complexity index is 1310. The molecule has 260 valence electrons. The zero-order valence-electron chi connectivity index (χ0n) is 28.3. The molecule has 0 aliphatic rings. The van der Waals surface area contributed by atoms with Gasteiger partial charge in [0.2, 0.25) is 11.8 Å². The molecule has 3 aromatic rings. The molecule has 0 fully saturated rings. The third-order valence-corrected chi connectivity index (χ3v) is 7.54. The van der Waals surface area contributed by atoms with E-state index in [4.69, 9.17) is 9.47 Å². The zero-order valence-corrected chi connectivity index (χ0v) is 28.3. The van der Waals surface area contributed by atoms with Crippen molar-refractivity contribution in [1.82, 2.24) is 26.6 Å². The molecular weight excluding hydrogens is 606 g/mol. The zero-order chi connectivity index (χ0) is 34.1. The van der Waals surface area contributed by atoms with Crippen molar-refractivity contribution in [2.24, 2.45) is 0 Å². The number of nitrogens with one attached hydrogen (secondary N) is 5. The van der Waals surface area contributed by atoms with Gasteiger partial charge in [-0.05, 0) is 87.1 Å². The van der Waals surface area contributed by atoms with Gasteiger partial charge in [-0.2, -0.15) is 0 Å². The highest BCUT2D eigenvalue weighted by atomic mass is 16.5. The van der Waals surface area contributed by atoms with Crippen molar-refractivity contribution in [2.75, 3.05) is 39.3 Å². The quantitative estimate of drug-likeness (QED) is 0.0868. The van der Waals surface area contributed by atoms with Gasteiger partial charge in [0.25, 0.3) is 0 Å². The molecule has 0 aromatic heterocycles. The highest BCUT2D eigenvalue weighted by Gasteiger charge is 2.20. The average molecular weight is 660 g/mol. The number of hydrogen-bond donors (Lipinski definition) is 5. The van der Waals surface area contributed by atoms with Crippen molar-refractivity contribution in [3.05, 3.63) is 102 Å². The Labute approximate surface area is 285 Å². The van der Waals surface area contributed by atoms with E-state index in [0.29, 0.717) is 32.5 Å². The number of carbonyl (C=O) groups is 3. The van der Waals surface area contributed by atoms with Crippen molar-refractivity contribution >= 4 is 17.9 Å². The second-order valence-electron chi connectivity index (χ2n) is 11.7. The van der Waals surface area contributed by atoms with Crippen LogP contribution in [0.3, 0.4) is 0 Å². The number of ether oxygens (including phenoxy) is 2. The molecular formula is C38H53N5O5. The van der Waals surface area contributed by atoms with E-state index < -0.39 is 12.1 Å². The number of amides is 3. The van der Waals surface area contributed by atoms with Crippen LogP contribution in [0.1, 0.15) is 62.1 Å². The van der Waals surface area contributed by atoms with Crippen LogP contribution in [0.25, 0.3) is 0 Å². The van der Waals surface area contributed by atoms with Crippen molar-refractivity contribution in [3.63, 3.8) is 0 Å². The topological polar surface area (TPSA) is 130 Å². The monoisotopic (exact) mass is 659 g/mol. The Morgan fingerprint density at radius 2 is 1.19 bits per heavy atom. The molecule has 3 aromatic carbocycles. The predicted octanol–water partition coefficient (Wildman–Crippen LogP) is 4.88. The third-order valence-electron chi connectivity index (χ3n) is 7.54. The molecule has 10 heteroatoms. The van der Waals surface area contributed by atoms with E-state index in [1.807, 2.05) is 91.9 Å². The molecule has 1 atom stereocenters. The van der Waals surface area contributed by atoms with Gasteiger partial charge in [0.1, 0.15) is 25.0 Å². The normalized spacial score (nSPS) is 11.4. The van der Waals surface area contributed by atoms with Crippen LogP contribution in [0.4, 0.5) is 4.79 Å². The fourth-order valence-electron chi connectivity index (χ4n) is 4.88. The minimum Gasteiger partial charge on any atom is -0.489 e. The lowest BCUT2D eigenvalue weighted by Gasteiger charge is -2.19. The smallest absolute Gasteiger partial charge is 0.407 e. The van der Waals surface area contributed by atoms with E-state index in [1.54, 1.807) is 0 Å². The van der Waals surface area contributed by atoms with E-state index in [9.17, 15) is 14.4 Å². The number of unbranched alkanes of at least 4 members (excludes halogenated alkanes) is 1. The molecule has 5 N–H and O–H groups in total. The van der Waals surface area contributed by atoms with E-state index in [1.165, 1.54) is 0 Å². The van der Waals surface area contributed by atoms with E-state index in [2.05, 4.69) is 26.6 Å². The van der Waals surface area contributed by atoms with Crippen LogP contribution in [-0.4, -0.2) is 63.2 Å². The number of rotatable bonds is 24. The average Bonchev–Trinajstić information content (AvgIpc) is 3.11. The molecule has 3 rings (SSSR count). The highest BCUT2D eigenvalue weighted by molar-refractivity contribution is 5.87. The number of alkyl carbamates (subject to hydrolysis) is 1. The molecule has 1 unspecified atom stereocenters. The van der Waals surface area contributed by atoms with Crippen LogP contribution in [-0.2, 0) is 34.0 Å². The Hall–Kier alpha value is -4.41. The summed E-state index contributed by atoms with van der Waals surface area (Å²) in [5, 5.41) is 15.5. The summed E-state index contributed by atoms with van der Waals surface area (Å²) in [5.41, 5.74) is 3.01. The number of benzene rings is 3. The molecule has 0 aliphatic carbocycles. The molecule has 48 heavy (non-hydrogen) atoms. The van der Waals surface area contributed by atoms with Gasteiger partial charge >= 0.3 is 6.09 Å². The lowest BCUT2D eigenvalue weighted by atomic mass is 10.0. The Kier molecular flexibility index (Phi) is 18.9. The van der Waals surface area contributed by atoms with Gasteiger partial charge in [0.05, 0.1) is 0 Å². The standard InChI is InChI=1S/C38H53N5O5/c1-2-13-36(44)43-35(28-31-18-20-34(21-19-31)47-29-32-14-5-3-6-15-32)37(45)41-26-10-9-22-39-23-11-24-40-25-12-27-42-38(46)48-30-33-16-7-4-8-17-33/h3-8,14-21,35,39-40H,2,9-13,22-30H2,1H3,(H,41,45)(H,42,46)(H,43,44). The van der Waals surface area contributed by atoms with Crippen LogP contribution in [0.5, 0.6) is 5.75 Å². The summed E-state index contributed by atoms with van der Waals surface area (Å²) in [4.78, 5) is 37.2. The fraction of sp³-hybridized carbons (Fsp3) is 0.447. The molecule has 0 bridgehead atoms. The second-order valence-corrected chi connectivity index (χ2v) is 11.7. The minimum atomic E-state index is -0.630. The third kappa shape index (κ3) is 16.9. The van der Waals surface area contributed by atoms with Crippen molar-refractivity contribution < 1.29 is 23.9 Å².